The van der Waals surface area contributed by atoms with Gasteiger partial charge in [-0.3, -0.25) is 4.79 Å². The number of nitrogens with zero attached hydrogens (tertiary/aromatic N) is 1. The zero-order chi connectivity index (χ0) is 14.5. The van der Waals surface area contributed by atoms with Gasteiger partial charge in [0.25, 0.3) is 5.91 Å². The van der Waals surface area contributed by atoms with Crippen molar-refractivity contribution in [2.24, 2.45) is 11.0 Å². The van der Waals surface area contributed by atoms with Crippen molar-refractivity contribution in [1.29, 1.82) is 0 Å². The Morgan fingerprint density at radius 2 is 2.15 bits per heavy atom. The van der Waals surface area contributed by atoms with E-state index >= 15 is 0 Å². The highest BCUT2D eigenvalue weighted by atomic mass is 16.6. The van der Waals surface area contributed by atoms with Gasteiger partial charge >= 0.3 is 0 Å². The number of carbonyl (C=O) groups is 1. The molecule has 108 valence electrons. The minimum absolute atomic E-state index is 0.195. The van der Waals surface area contributed by atoms with E-state index in [9.17, 15) is 4.79 Å². The fraction of sp³-hybridized carbons (Fsp3) is 0.467. The molecule has 0 saturated carbocycles. The lowest BCUT2D eigenvalue weighted by molar-refractivity contribution is -0.130. The zero-order valence-electron chi connectivity index (χ0n) is 12.1. The molecular formula is C15H20N2O3. The number of amides is 1. The van der Waals surface area contributed by atoms with Gasteiger partial charge in [0.1, 0.15) is 6.61 Å². The van der Waals surface area contributed by atoms with Crippen molar-refractivity contribution >= 4 is 11.6 Å². The Morgan fingerprint density at radius 1 is 1.45 bits per heavy atom. The Labute approximate surface area is 119 Å². The fourth-order valence-corrected chi connectivity index (χ4v) is 1.77. The smallest absolute Gasteiger partial charge is 0.284 e. The van der Waals surface area contributed by atoms with Crippen molar-refractivity contribution < 1.29 is 14.3 Å². The summed E-state index contributed by atoms with van der Waals surface area (Å²) in [5, 5.41) is 4.11. The van der Waals surface area contributed by atoms with Crippen LogP contribution in [0.25, 0.3) is 0 Å². The maximum Gasteiger partial charge on any atom is 0.284 e. The Bertz CT molecular complexity index is 514. The summed E-state index contributed by atoms with van der Waals surface area (Å²) in [5.41, 5.74) is 3.44. The van der Waals surface area contributed by atoms with Gasteiger partial charge < -0.3 is 9.47 Å². The van der Waals surface area contributed by atoms with Crippen LogP contribution < -0.4 is 14.9 Å². The number of ether oxygens (including phenoxy) is 2. The maximum absolute atomic E-state index is 12.0. The lowest BCUT2D eigenvalue weighted by atomic mass is 10.1. The molecule has 0 saturated heterocycles. The number of fused-ring (bicyclic) bond motifs is 1. The minimum Gasteiger partial charge on any atom is -0.485 e. The molecule has 5 heteroatoms. The SMILES string of the molecule is CC[C@@H](C)/C(C)=N\NC(=O)[C@H]1COc2ccccc2O1. The summed E-state index contributed by atoms with van der Waals surface area (Å²) in [5.74, 6) is 1.30. The molecule has 1 aromatic rings. The molecule has 0 spiro atoms. The summed E-state index contributed by atoms with van der Waals surface area (Å²) in [4.78, 5) is 12.0. The Kier molecular flexibility index (Phi) is 4.61. The van der Waals surface area contributed by atoms with Gasteiger partial charge in [0, 0.05) is 5.71 Å². The second kappa shape index (κ2) is 6.41. The predicted molar refractivity (Wildman–Crippen MR) is 77.1 cm³/mol. The van der Waals surface area contributed by atoms with Crippen LogP contribution in [0, 0.1) is 5.92 Å². The van der Waals surface area contributed by atoms with E-state index in [2.05, 4.69) is 24.4 Å². The number of hydrogen-bond acceptors (Lipinski definition) is 4. The molecule has 20 heavy (non-hydrogen) atoms. The van der Waals surface area contributed by atoms with Crippen molar-refractivity contribution in [3.8, 4) is 11.5 Å². The number of hydrazone groups is 1. The van der Waals surface area contributed by atoms with Crippen molar-refractivity contribution in [2.45, 2.75) is 33.3 Å². The van der Waals surface area contributed by atoms with Crippen molar-refractivity contribution in [3.05, 3.63) is 24.3 Å². The van der Waals surface area contributed by atoms with Gasteiger partial charge in [0.15, 0.2) is 11.5 Å². The molecular weight excluding hydrogens is 256 g/mol. The standard InChI is InChI=1S/C15H20N2O3/c1-4-10(2)11(3)16-17-15(18)14-9-19-12-7-5-6-8-13(12)20-14/h5-8,10,14H,4,9H2,1-3H3,(H,17,18)/b16-11-/t10-,14-/m1/s1. The van der Waals surface area contributed by atoms with E-state index in [1.54, 1.807) is 6.07 Å². The molecule has 1 heterocycles. The topological polar surface area (TPSA) is 59.9 Å². The first-order valence-electron chi connectivity index (χ1n) is 6.84. The Hall–Kier alpha value is -2.04. The van der Waals surface area contributed by atoms with Crippen LogP contribution in [0.4, 0.5) is 0 Å². The molecule has 0 bridgehead atoms. The number of carbonyl (C=O) groups excluding carboxylic acids is 1. The second-order valence-electron chi connectivity index (χ2n) is 4.90. The van der Waals surface area contributed by atoms with Crippen molar-refractivity contribution in [2.75, 3.05) is 6.61 Å². The molecule has 0 unspecified atom stereocenters. The van der Waals surface area contributed by atoms with E-state index in [-0.39, 0.29) is 12.5 Å². The highest BCUT2D eigenvalue weighted by Crippen LogP contribution is 2.30. The normalized spacial score (nSPS) is 19.4. The second-order valence-corrected chi connectivity index (χ2v) is 4.90. The van der Waals surface area contributed by atoms with Gasteiger partial charge in [-0.1, -0.05) is 26.0 Å². The van der Waals surface area contributed by atoms with Crippen LogP contribution in [0.5, 0.6) is 11.5 Å². The van der Waals surface area contributed by atoms with Crippen molar-refractivity contribution in [3.63, 3.8) is 0 Å². The van der Waals surface area contributed by atoms with E-state index in [4.69, 9.17) is 9.47 Å². The maximum atomic E-state index is 12.0. The summed E-state index contributed by atoms with van der Waals surface area (Å²) >= 11 is 0. The van der Waals surface area contributed by atoms with Crippen LogP contribution in [0.3, 0.4) is 0 Å². The quantitative estimate of drug-likeness (QED) is 0.678. The molecule has 1 aliphatic heterocycles. The molecule has 0 aliphatic carbocycles. The van der Waals surface area contributed by atoms with Gasteiger partial charge in [0.2, 0.25) is 6.10 Å². The highest BCUT2D eigenvalue weighted by Gasteiger charge is 2.27. The molecule has 1 aromatic carbocycles. The number of para-hydroxylation sites is 2. The number of rotatable bonds is 4. The highest BCUT2D eigenvalue weighted by molar-refractivity contribution is 5.87. The van der Waals surface area contributed by atoms with Crippen LogP contribution in [0.15, 0.2) is 29.4 Å². The van der Waals surface area contributed by atoms with E-state index < -0.39 is 6.10 Å². The summed E-state index contributed by atoms with van der Waals surface area (Å²) in [6.45, 7) is 6.25. The third-order valence-electron chi connectivity index (χ3n) is 3.47. The van der Waals surface area contributed by atoms with E-state index in [1.807, 2.05) is 25.1 Å². The summed E-state index contributed by atoms with van der Waals surface area (Å²) in [6, 6.07) is 7.30. The monoisotopic (exact) mass is 276 g/mol. The van der Waals surface area contributed by atoms with Gasteiger partial charge in [-0.05, 0) is 31.4 Å². The molecule has 1 N–H and O–H groups in total. The lowest BCUT2D eigenvalue weighted by Crippen LogP contribution is -2.42. The molecule has 1 amide bonds. The lowest BCUT2D eigenvalue weighted by Gasteiger charge is -2.25. The molecule has 0 fully saturated rings. The van der Waals surface area contributed by atoms with Crippen LogP contribution in [0.2, 0.25) is 0 Å². The molecule has 2 rings (SSSR count). The molecule has 0 aromatic heterocycles. The summed E-state index contributed by atoms with van der Waals surface area (Å²) in [6.07, 6.45) is 0.320. The van der Waals surface area contributed by atoms with Gasteiger partial charge in [0.05, 0.1) is 0 Å². The molecule has 1 aliphatic rings. The summed E-state index contributed by atoms with van der Waals surface area (Å²) < 4.78 is 11.1. The molecule has 2 atom stereocenters. The third kappa shape index (κ3) is 3.29. The Morgan fingerprint density at radius 3 is 2.85 bits per heavy atom. The van der Waals surface area contributed by atoms with Crippen LogP contribution >= 0.6 is 0 Å². The van der Waals surface area contributed by atoms with E-state index in [1.165, 1.54) is 0 Å². The molecule has 0 radical (unpaired) electrons. The van der Waals surface area contributed by atoms with Crippen molar-refractivity contribution in [1.82, 2.24) is 5.43 Å². The number of hydrogen-bond donors (Lipinski definition) is 1. The van der Waals surface area contributed by atoms with E-state index in [0.717, 1.165) is 12.1 Å². The van der Waals surface area contributed by atoms with Gasteiger partial charge in [-0.15, -0.1) is 0 Å². The van der Waals surface area contributed by atoms with E-state index in [0.29, 0.717) is 17.4 Å². The number of benzene rings is 1. The average molecular weight is 276 g/mol. The minimum atomic E-state index is -0.668. The number of nitrogens with one attached hydrogen (secondary N) is 1. The average Bonchev–Trinajstić information content (AvgIpc) is 2.50. The van der Waals surface area contributed by atoms with Gasteiger partial charge in [-0.25, -0.2) is 5.43 Å². The first-order valence-corrected chi connectivity index (χ1v) is 6.84. The summed E-state index contributed by atoms with van der Waals surface area (Å²) in [7, 11) is 0. The first-order chi connectivity index (χ1) is 9.61. The fourth-order valence-electron chi connectivity index (χ4n) is 1.77. The predicted octanol–water partition coefficient (Wildman–Crippen LogP) is 2.36. The largest absolute Gasteiger partial charge is 0.485 e. The van der Waals surface area contributed by atoms with Crippen LogP contribution in [0.1, 0.15) is 27.2 Å². The van der Waals surface area contributed by atoms with Gasteiger partial charge in [-0.2, -0.15) is 5.10 Å². The first kappa shape index (κ1) is 14.4. The van der Waals surface area contributed by atoms with Crippen LogP contribution in [-0.2, 0) is 4.79 Å². The molecule has 5 nitrogen and oxygen atoms in total. The Balaban J connectivity index is 1.95. The zero-order valence-corrected chi connectivity index (χ0v) is 12.1. The van der Waals surface area contributed by atoms with Crippen LogP contribution in [-0.4, -0.2) is 24.3 Å². The third-order valence-corrected chi connectivity index (χ3v) is 3.47.